The predicted molar refractivity (Wildman–Crippen MR) is 102 cm³/mol. The van der Waals surface area contributed by atoms with Crippen LogP contribution in [0, 0.1) is 11.3 Å². The van der Waals surface area contributed by atoms with Crippen molar-refractivity contribution in [2.45, 2.75) is 13.3 Å². The highest BCUT2D eigenvalue weighted by Gasteiger charge is 2.32. The summed E-state index contributed by atoms with van der Waals surface area (Å²) in [4.78, 5) is 25.0. The van der Waals surface area contributed by atoms with Gasteiger partial charge >= 0.3 is 0 Å². The van der Waals surface area contributed by atoms with Crippen molar-refractivity contribution in [3.05, 3.63) is 65.0 Å². The second kappa shape index (κ2) is 7.42. The average molecular weight is 364 g/mol. The van der Waals surface area contributed by atoms with E-state index < -0.39 is 5.78 Å². The summed E-state index contributed by atoms with van der Waals surface area (Å²) in [7, 11) is 1.74. The highest BCUT2D eigenvalue weighted by Crippen LogP contribution is 2.37. The molecule has 0 bridgehead atoms. The molecule has 0 unspecified atom stereocenters. The lowest BCUT2D eigenvalue weighted by molar-refractivity contribution is -0.112. The molecule has 0 aliphatic carbocycles. The largest absolute Gasteiger partial charge is 0.348 e. The zero-order valence-corrected chi connectivity index (χ0v) is 15.2. The SMILES string of the molecule is CCC(=O)C1=NN(c2ccccc2)/C(=C(/C#N)C(=O)c2cccn2C)S1. The molecule has 2 heterocycles. The molecule has 1 aliphatic heterocycles. The van der Waals surface area contributed by atoms with E-state index in [9.17, 15) is 14.9 Å². The van der Waals surface area contributed by atoms with E-state index >= 15 is 0 Å². The van der Waals surface area contributed by atoms with Crippen LogP contribution in [0.3, 0.4) is 0 Å². The smallest absolute Gasteiger partial charge is 0.222 e. The van der Waals surface area contributed by atoms with Crippen molar-refractivity contribution in [2.75, 3.05) is 5.01 Å². The maximum atomic E-state index is 12.9. The summed E-state index contributed by atoms with van der Waals surface area (Å²) in [5.74, 6) is -0.529. The number of aromatic nitrogens is 1. The van der Waals surface area contributed by atoms with Gasteiger partial charge in [-0.25, -0.2) is 5.01 Å². The van der Waals surface area contributed by atoms with E-state index in [4.69, 9.17) is 0 Å². The molecule has 130 valence electrons. The first-order valence-electron chi connectivity index (χ1n) is 8.02. The normalized spacial score (nSPS) is 15.4. The number of ketones is 2. The van der Waals surface area contributed by atoms with E-state index in [2.05, 4.69) is 5.10 Å². The number of carbonyl (C=O) groups is 2. The fraction of sp³-hybridized carbons (Fsp3) is 0.158. The van der Waals surface area contributed by atoms with Crippen LogP contribution in [0.5, 0.6) is 0 Å². The van der Waals surface area contributed by atoms with Gasteiger partial charge < -0.3 is 4.57 Å². The molecule has 0 amide bonds. The molecule has 0 spiro atoms. The van der Waals surface area contributed by atoms with E-state index in [0.29, 0.717) is 22.8 Å². The van der Waals surface area contributed by atoms with Crippen molar-refractivity contribution in [2.24, 2.45) is 12.1 Å². The Hall–Kier alpha value is -3.11. The van der Waals surface area contributed by atoms with Gasteiger partial charge in [-0.15, -0.1) is 0 Å². The molecule has 0 radical (unpaired) electrons. The number of hydrazone groups is 1. The highest BCUT2D eigenvalue weighted by molar-refractivity contribution is 8.19. The molecule has 6 nitrogen and oxygen atoms in total. The third-order valence-corrected chi connectivity index (χ3v) is 4.94. The molecule has 0 saturated heterocycles. The first kappa shape index (κ1) is 17.7. The number of benzene rings is 1. The lowest BCUT2D eigenvalue weighted by atomic mass is 10.1. The van der Waals surface area contributed by atoms with Crippen LogP contribution in [0.4, 0.5) is 5.69 Å². The van der Waals surface area contributed by atoms with Crippen LogP contribution < -0.4 is 5.01 Å². The molecule has 1 aromatic carbocycles. The van der Waals surface area contributed by atoms with Gasteiger partial charge in [-0.3, -0.25) is 9.59 Å². The van der Waals surface area contributed by atoms with Gasteiger partial charge in [0, 0.05) is 19.7 Å². The third kappa shape index (κ3) is 3.19. The Morgan fingerprint density at radius 2 is 1.92 bits per heavy atom. The molecule has 1 aliphatic rings. The van der Waals surface area contributed by atoms with E-state index in [1.165, 1.54) is 5.01 Å². The first-order valence-corrected chi connectivity index (χ1v) is 8.83. The third-order valence-electron chi connectivity index (χ3n) is 3.87. The van der Waals surface area contributed by atoms with Crippen molar-refractivity contribution in [1.82, 2.24) is 4.57 Å². The zero-order chi connectivity index (χ0) is 18.7. The molecular formula is C19H16N4O2S. The molecule has 0 saturated carbocycles. The zero-order valence-electron chi connectivity index (χ0n) is 14.3. The highest BCUT2D eigenvalue weighted by atomic mass is 32.2. The quantitative estimate of drug-likeness (QED) is 0.461. The minimum absolute atomic E-state index is 0.0386. The summed E-state index contributed by atoms with van der Waals surface area (Å²) < 4.78 is 1.66. The standard InChI is InChI=1S/C19H16N4O2S/c1-3-16(24)18-21-23(13-8-5-4-6-9-13)19(26-18)14(12-20)17(25)15-10-7-11-22(15)2/h4-11H,3H2,1-2H3/b19-14+. The maximum Gasteiger partial charge on any atom is 0.222 e. The number of nitriles is 1. The summed E-state index contributed by atoms with van der Waals surface area (Å²) >= 11 is 1.06. The Bertz CT molecular complexity index is 967. The van der Waals surface area contributed by atoms with Crippen LogP contribution in [-0.2, 0) is 11.8 Å². The molecule has 2 aromatic rings. The van der Waals surface area contributed by atoms with Crippen molar-refractivity contribution in [3.63, 3.8) is 0 Å². The van der Waals surface area contributed by atoms with Gasteiger partial charge in [0.1, 0.15) is 16.7 Å². The van der Waals surface area contributed by atoms with E-state index in [-0.39, 0.29) is 16.4 Å². The Morgan fingerprint density at radius 1 is 1.19 bits per heavy atom. The molecule has 0 atom stereocenters. The van der Waals surface area contributed by atoms with E-state index in [0.717, 1.165) is 11.8 Å². The number of anilines is 1. The maximum absolute atomic E-state index is 12.9. The molecular weight excluding hydrogens is 348 g/mol. The summed E-state index contributed by atoms with van der Waals surface area (Å²) in [6, 6.07) is 14.6. The number of nitrogens with zero attached hydrogens (tertiary/aromatic N) is 4. The number of thioether (sulfide) groups is 1. The number of rotatable bonds is 5. The van der Waals surface area contributed by atoms with Gasteiger partial charge in [0.05, 0.1) is 11.4 Å². The minimum atomic E-state index is -0.399. The number of hydrogen-bond acceptors (Lipinski definition) is 6. The predicted octanol–water partition coefficient (Wildman–Crippen LogP) is 3.49. The van der Waals surface area contributed by atoms with Crippen molar-refractivity contribution in [1.29, 1.82) is 5.26 Å². The van der Waals surface area contributed by atoms with Crippen LogP contribution in [0.25, 0.3) is 0 Å². The Kier molecular flexibility index (Phi) is 5.05. The average Bonchev–Trinajstić information content (AvgIpc) is 3.29. The van der Waals surface area contributed by atoms with E-state index in [1.54, 1.807) is 36.9 Å². The first-order chi connectivity index (χ1) is 12.6. The number of carbonyl (C=O) groups excluding carboxylic acids is 2. The van der Waals surface area contributed by atoms with E-state index in [1.807, 2.05) is 36.4 Å². The summed E-state index contributed by atoms with van der Waals surface area (Å²) in [5, 5.41) is 16.2. The molecule has 26 heavy (non-hydrogen) atoms. The van der Waals surface area contributed by atoms with Gasteiger partial charge in [0.15, 0.2) is 10.8 Å². The minimum Gasteiger partial charge on any atom is -0.348 e. The lowest BCUT2D eigenvalue weighted by Crippen LogP contribution is -2.16. The van der Waals surface area contributed by atoms with Gasteiger partial charge in [-0.2, -0.15) is 10.4 Å². The monoisotopic (exact) mass is 364 g/mol. The Labute approximate surface area is 155 Å². The number of hydrogen-bond donors (Lipinski definition) is 0. The topological polar surface area (TPSA) is 78.5 Å². The summed E-state index contributed by atoms with van der Waals surface area (Å²) in [6.45, 7) is 1.75. The molecule has 3 rings (SSSR count). The van der Waals surface area contributed by atoms with Crippen molar-refractivity contribution >= 4 is 34.1 Å². The molecule has 0 fully saturated rings. The Balaban J connectivity index is 2.12. The van der Waals surface area contributed by atoms with Crippen LogP contribution >= 0.6 is 11.8 Å². The summed E-state index contributed by atoms with van der Waals surface area (Å²) in [5.41, 5.74) is 1.04. The van der Waals surface area contributed by atoms with Crippen molar-refractivity contribution < 1.29 is 9.59 Å². The molecule has 0 N–H and O–H groups in total. The fourth-order valence-electron chi connectivity index (χ4n) is 2.48. The van der Waals surface area contributed by atoms with Crippen LogP contribution in [0.1, 0.15) is 23.8 Å². The van der Waals surface area contributed by atoms with Crippen LogP contribution in [0.15, 0.2) is 64.4 Å². The number of Topliss-reactive ketones (excluding diaryl/α,β-unsaturated/α-hetero) is 2. The fourth-order valence-corrected chi connectivity index (χ4v) is 3.51. The number of para-hydroxylation sites is 1. The molecule has 1 aromatic heterocycles. The second-order valence-corrected chi connectivity index (χ2v) is 6.53. The van der Waals surface area contributed by atoms with Gasteiger partial charge in [-0.05, 0) is 36.0 Å². The van der Waals surface area contributed by atoms with Gasteiger partial charge in [0.25, 0.3) is 0 Å². The number of aryl methyl sites for hydroxylation is 1. The number of allylic oxidation sites excluding steroid dienone is 1. The van der Waals surface area contributed by atoms with Crippen LogP contribution in [-0.4, -0.2) is 21.2 Å². The van der Waals surface area contributed by atoms with Gasteiger partial charge in [0.2, 0.25) is 5.78 Å². The van der Waals surface area contributed by atoms with Crippen molar-refractivity contribution in [3.8, 4) is 6.07 Å². The van der Waals surface area contributed by atoms with Gasteiger partial charge in [-0.1, -0.05) is 25.1 Å². The molecule has 7 heteroatoms. The van der Waals surface area contributed by atoms with Crippen LogP contribution in [0.2, 0.25) is 0 Å². The summed E-state index contributed by atoms with van der Waals surface area (Å²) in [6.07, 6.45) is 2.04. The second-order valence-electron chi connectivity index (χ2n) is 5.56. The lowest BCUT2D eigenvalue weighted by Gasteiger charge is -2.16. The Morgan fingerprint density at radius 3 is 2.50 bits per heavy atom.